The zero-order valence-electron chi connectivity index (χ0n) is 11.1. The third-order valence-electron chi connectivity index (χ3n) is 2.39. The van der Waals surface area contributed by atoms with Crippen molar-refractivity contribution >= 4 is 5.91 Å². The number of hydrazine groups is 1. The van der Waals surface area contributed by atoms with Crippen molar-refractivity contribution in [2.75, 3.05) is 6.54 Å². The third-order valence-corrected chi connectivity index (χ3v) is 2.39. The van der Waals surface area contributed by atoms with E-state index in [-0.39, 0.29) is 11.0 Å². The van der Waals surface area contributed by atoms with Gasteiger partial charge in [-0.05, 0) is 24.3 Å². The summed E-state index contributed by atoms with van der Waals surface area (Å²) in [6.07, 6.45) is 2.26. The second-order valence-electron chi connectivity index (χ2n) is 5.18. The van der Waals surface area contributed by atoms with Crippen LogP contribution >= 0.6 is 0 Å². The highest BCUT2D eigenvalue weighted by atomic mass is 16.2. The number of hydrogen-bond acceptors (Lipinski definition) is 3. The van der Waals surface area contributed by atoms with Crippen LogP contribution in [0.1, 0.15) is 34.1 Å². The fourth-order valence-corrected chi connectivity index (χ4v) is 1.11. The SMILES string of the molecule is C=C/C(C)=C(/C#N)C(=O)N(N)CCC(C)(C)C. The molecule has 0 saturated heterocycles. The van der Waals surface area contributed by atoms with Crippen molar-refractivity contribution in [1.82, 2.24) is 5.01 Å². The Labute approximate surface area is 103 Å². The standard InChI is InChI=1S/C13H21N3O/c1-6-10(2)11(9-14)12(17)16(15)8-7-13(3,4)5/h6H,1,7-8,15H2,2-5H3/b11-10-. The summed E-state index contributed by atoms with van der Waals surface area (Å²) in [4.78, 5) is 11.9. The average molecular weight is 235 g/mol. The van der Waals surface area contributed by atoms with E-state index >= 15 is 0 Å². The van der Waals surface area contributed by atoms with E-state index in [1.807, 2.05) is 6.07 Å². The van der Waals surface area contributed by atoms with E-state index in [0.29, 0.717) is 12.1 Å². The highest BCUT2D eigenvalue weighted by molar-refractivity contribution is 5.98. The van der Waals surface area contributed by atoms with Crippen LogP contribution in [0.15, 0.2) is 23.8 Å². The van der Waals surface area contributed by atoms with Crippen LogP contribution in [0.5, 0.6) is 0 Å². The molecule has 0 aliphatic rings. The maximum atomic E-state index is 11.9. The lowest BCUT2D eigenvalue weighted by atomic mass is 9.92. The highest BCUT2D eigenvalue weighted by Gasteiger charge is 2.19. The molecule has 0 aromatic rings. The van der Waals surface area contributed by atoms with Gasteiger partial charge in [-0.3, -0.25) is 9.80 Å². The van der Waals surface area contributed by atoms with Gasteiger partial charge >= 0.3 is 0 Å². The molecule has 0 aromatic heterocycles. The topological polar surface area (TPSA) is 70.1 Å². The van der Waals surface area contributed by atoms with Gasteiger partial charge in [0.2, 0.25) is 0 Å². The Bertz CT molecular complexity index is 369. The zero-order chi connectivity index (χ0) is 13.6. The number of rotatable bonds is 4. The number of carbonyl (C=O) groups excluding carboxylic acids is 1. The van der Waals surface area contributed by atoms with Gasteiger partial charge < -0.3 is 0 Å². The second kappa shape index (κ2) is 6.21. The van der Waals surface area contributed by atoms with Crippen molar-refractivity contribution in [2.24, 2.45) is 11.3 Å². The molecule has 0 rings (SSSR count). The summed E-state index contributed by atoms with van der Waals surface area (Å²) in [6, 6.07) is 1.87. The Morgan fingerprint density at radius 3 is 2.41 bits per heavy atom. The number of allylic oxidation sites excluding steroid dienone is 2. The molecule has 0 aliphatic carbocycles. The molecule has 0 fully saturated rings. The molecular weight excluding hydrogens is 214 g/mol. The summed E-state index contributed by atoms with van der Waals surface area (Å²) in [5.41, 5.74) is 0.696. The first-order valence-corrected chi connectivity index (χ1v) is 5.53. The molecule has 4 heteroatoms. The Hall–Kier alpha value is -1.60. The van der Waals surface area contributed by atoms with Crippen molar-refractivity contribution < 1.29 is 4.79 Å². The Balaban J connectivity index is 4.72. The first-order chi connectivity index (χ1) is 7.72. The smallest absolute Gasteiger partial charge is 0.276 e. The molecule has 0 aliphatic heterocycles. The minimum Gasteiger partial charge on any atom is -0.276 e. The maximum absolute atomic E-state index is 11.9. The van der Waals surface area contributed by atoms with Gasteiger partial charge in [0.1, 0.15) is 11.6 Å². The molecule has 1 amide bonds. The van der Waals surface area contributed by atoms with Crippen molar-refractivity contribution in [3.05, 3.63) is 23.8 Å². The highest BCUT2D eigenvalue weighted by Crippen LogP contribution is 2.18. The molecule has 0 unspecified atom stereocenters. The van der Waals surface area contributed by atoms with Crippen LogP contribution in [0.3, 0.4) is 0 Å². The van der Waals surface area contributed by atoms with Gasteiger partial charge in [-0.2, -0.15) is 5.26 Å². The Morgan fingerprint density at radius 2 is 2.06 bits per heavy atom. The molecule has 0 saturated carbocycles. The number of carbonyl (C=O) groups is 1. The van der Waals surface area contributed by atoms with Crippen molar-refractivity contribution in [2.45, 2.75) is 34.1 Å². The Kier molecular flexibility index (Phi) is 5.63. The fourth-order valence-electron chi connectivity index (χ4n) is 1.11. The van der Waals surface area contributed by atoms with Gasteiger partial charge in [-0.15, -0.1) is 0 Å². The van der Waals surface area contributed by atoms with Crippen LogP contribution in [0.25, 0.3) is 0 Å². The molecule has 0 spiro atoms. The predicted molar refractivity (Wildman–Crippen MR) is 68.5 cm³/mol. The van der Waals surface area contributed by atoms with E-state index in [0.717, 1.165) is 11.4 Å². The molecule has 0 aromatic carbocycles. The molecule has 2 N–H and O–H groups in total. The number of nitriles is 1. The van der Waals surface area contributed by atoms with Gasteiger partial charge in [0.05, 0.1) is 0 Å². The summed E-state index contributed by atoms with van der Waals surface area (Å²) in [6.45, 7) is 11.8. The van der Waals surface area contributed by atoms with Gasteiger partial charge in [0.15, 0.2) is 0 Å². The lowest BCUT2D eigenvalue weighted by Crippen LogP contribution is -2.40. The monoisotopic (exact) mass is 235 g/mol. The lowest BCUT2D eigenvalue weighted by Gasteiger charge is -2.23. The van der Waals surface area contributed by atoms with E-state index in [2.05, 4.69) is 27.4 Å². The maximum Gasteiger partial charge on any atom is 0.278 e. The van der Waals surface area contributed by atoms with E-state index in [1.165, 1.54) is 6.08 Å². The molecule has 0 radical (unpaired) electrons. The minimum atomic E-state index is -0.450. The van der Waals surface area contributed by atoms with Crippen LogP contribution in [0.4, 0.5) is 0 Å². The van der Waals surface area contributed by atoms with Crippen molar-refractivity contribution in [3.63, 3.8) is 0 Å². The lowest BCUT2D eigenvalue weighted by molar-refractivity contribution is -0.127. The van der Waals surface area contributed by atoms with Crippen LogP contribution in [0, 0.1) is 16.7 Å². The number of nitrogens with zero attached hydrogens (tertiary/aromatic N) is 2. The summed E-state index contributed by atoms with van der Waals surface area (Å²) in [5.74, 6) is 5.21. The van der Waals surface area contributed by atoms with E-state index in [1.54, 1.807) is 6.92 Å². The zero-order valence-corrected chi connectivity index (χ0v) is 11.1. The number of hydrogen-bond donors (Lipinski definition) is 1. The third kappa shape index (κ3) is 5.32. The summed E-state index contributed by atoms with van der Waals surface area (Å²) in [7, 11) is 0. The van der Waals surface area contributed by atoms with E-state index < -0.39 is 5.91 Å². The van der Waals surface area contributed by atoms with Crippen LogP contribution in [0.2, 0.25) is 0 Å². The molecule has 0 bridgehead atoms. The molecule has 94 valence electrons. The number of nitrogens with two attached hydrogens (primary N) is 1. The molecule has 4 nitrogen and oxygen atoms in total. The normalized spacial score (nSPS) is 12.5. The van der Waals surface area contributed by atoms with Gasteiger partial charge in [0.25, 0.3) is 5.91 Å². The van der Waals surface area contributed by atoms with Crippen molar-refractivity contribution in [3.8, 4) is 6.07 Å². The van der Waals surface area contributed by atoms with E-state index in [4.69, 9.17) is 11.1 Å². The van der Waals surface area contributed by atoms with Gasteiger partial charge in [-0.1, -0.05) is 33.4 Å². The van der Waals surface area contributed by atoms with Gasteiger partial charge in [-0.25, -0.2) is 5.84 Å². The minimum absolute atomic E-state index is 0.0522. The first kappa shape index (κ1) is 15.4. The van der Waals surface area contributed by atoms with E-state index in [9.17, 15) is 4.79 Å². The number of amides is 1. The second-order valence-corrected chi connectivity index (χ2v) is 5.18. The Morgan fingerprint density at radius 1 is 1.53 bits per heavy atom. The largest absolute Gasteiger partial charge is 0.278 e. The molecular formula is C13H21N3O. The molecule has 0 atom stereocenters. The van der Waals surface area contributed by atoms with Gasteiger partial charge in [0, 0.05) is 6.54 Å². The molecule has 0 heterocycles. The summed E-state index contributed by atoms with van der Waals surface area (Å²) >= 11 is 0. The summed E-state index contributed by atoms with van der Waals surface area (Å²) < 4.78 is 0. The average Bonchev–Trinajstić information content (AvgIpc) is 2.25. The fraction of sp³-hybridized carbons (Fsp3) is 0.538. The van der Waals surface area contributed by atoms with Crippen LogP contribution in [-0.2, 0) is 4.79 Å². The quantitative estimate of drug-likeness (QED) is 0.203. The van der Waals surface area contributed by atoms with Crippen LogP contribution < -0.4 is 5.84 Å². The summed E-state index contributed by atoms with van der Waals surface area (Å²) in [5, 5.41) is 10.0. The molecule has 17 heavy (non-hydrogen) atoms. The van der Waals surface area contributed by atoms with Crippen LogP contribution in [-0.4, -0.2) is 17.5 Å². The predicted octanol–water partition coefficient (Wildman–Crippen LogP) is 2.15. The first-order valence-electron chi connectivity index (χ1n) is 5.53. The van der Waals surface area contributed by atoms with Crippen molar-refractivity contribution in [1.29, 1.82) is 5.26 Å².